The van der Waals surface area contributed by atoms with E-state index in [-0.39, 0.29) is 27.8 Å². The minimum absolute atomic E-state index is 0.0132. The molecule has 0 N–H and O–H groups in total. The van der Waals surface area contributed by atoms with Crippen LogP contribution in [-0.2, 0) is 24.3 Å². The summed E-state index contributed by atoms with van der Waals surface area (Å²) in [6.45, 7) is 1.23. The first-order valence-electron chi connectivity index (χ1n) is 8.44. The van der Waals surface area contributed by atoms with Gasteiger partial charge in [-0.3, -0.25) is 9.10 Å². The second-order valence-corrected chi connectivity index (χ2v) is 7.92. The third kappa shape index (κ3) is 5.18. The normalized spacial score (nSPS) is 10.9. The molecule has 0 bridgehead atoms. The highest BCUT2D eigenvalue weighted by Crippen LogP contribution is 2.29. The Morgan fingerprint density at radius 3 is 2.24 bits per heavy atom. The highest BCUT2D eigenvalue weighted by molar-refractivity contribution is 7.92. The zero-order valence-electron chi connectivity index (χ0n) is 16.0. The smallest absolute Gasteiger partial charge is 0.339 e. The van der Waals surface area contributed by atoms with Gasteiger partial charge < -0.3 is 14.2 Å². The Hall–Kier alpha value is -2.78. The van der Waals surface area contributed by atoms with E-state index in [9.17, 15) is 18.0 Å². The molecule has 10 heteroatoms. The summed E-state index contributed by atoms with van der Waals surface area (Å²) in [5, 5.41) is -0.0132. The maximum Gasteiger partial charge on any atom is 0.339 e. The Labute approximate surface area is 174 Å². The molecule has 0 aliphatic rings. The fourth-order valence-corrected chi connectivity index (χ4v) is 4.06. The third-order valence-electron chi connectivity index (χ3n) is 3.88. The number of esters is 2. The zero-order chi connectivity index (χ0) is 21.6. The predicted molar refractivity (Wildman–Crippen MR) is 107 cm³/mol. The van der Waals surface area contributed by atoms with Gasteiger partial charge >= 0.3 is 11.9 Å². The summed E-state index contributed by atoms with van der Waals surface area (Å²) < 4.78 is 41.7. The van der Waals surface area contributed by atoms with Gasteiger partial charge in [-0.1, -0.05) is 11.6 Å². The van der Waals surface area contributed by atoms with E-state index in [1.807, 2.05) is 0 Å². The summed E-state index contributed by atoms with van der Waals surface area (Å²) >= 11 is 6.16. The van der Waals surface area contributed by atoms with Crippen LogP contribution in [0.15, 0.2) is 47.4 Å². The number of ether oxygens (including phenoxy) is 3. The number of methoxy groups -OCH3 is 2. The number of hydrogen-bond acceptors (Lipinski definition) is 7. The number of carbonyl (C=O) groups is 2. The molecule has 29 heavy (non-hydrogen) atoms. The molecule has 0 aliphatic heterocycles. The van der Waals surface area contributed by atoms with Crippen molar-refractivity contribution in [2.24, 2.45) is 0 Å². The molecule has 156 valence electrons. The van der Waals surface area contributed by atoms with E-state index < -0.39 is 28.5 Å². The fraction of sp³-hybridized carbons (Fsp3) is 0.263. The molecule has 0 unspecified atom stereocenters. The van der Waals surface area contributed by atoms with Gasteiger partial charge in [0.1, 0.15) is 12.3 Å². The van der Waals surface area contributed by atoms with Gasteiger partial charge in [-0.2, -0.15) is 0 Å². The summed E-state index contributed by atoms with van der Waals surface area (Å²) in [4.78, 5) is 23.7. The van der Waals surface area contributed by atoms with Gasteiger partial charge in [0.05, 0.1) is 42.0 Å². The summed E-state index contributed by atoms with van der Waals surface area (Å²) in [6.07, 6.45) is 0. The lowest BCUT2D eigenvalue weighted by molar-refractivity contribution is -0.138. The minimum Gasteiger partial charge on any atom is -0.497 e. The monoisotopic (exact) mass is 441 g/mol. The van der Waals surface area contributed by atoms with Gasteiger partial charge in [-0.05, 0) is 49.4 Å². The number of benzene rings is 2. The van der Waals surface area contributed by atoms with Crippen molar-refractivity contribution in [2.45, 2.75) is 11.8 Å². The van der Waals surface area contributed by atoms with Crippen molar-refractivity contribution in [1.82, 2.24) is 0 Å². The van der Waals surface area contributed by atoms with Crippen LogP contribution in [0.4, 0.5) is 5.69 Å². The molecule has 0 spiro atoms. The number of carbonyl (C=O) groups excluding carboxylic acids is 2. The first-order valence-corrected chi connectivity index (χ1v) is 10.3. The molecular formula is C19H20ClNO7S. The standard InChI is InChI=1S/C19H20ClNO7S/c1-4-28-19(23)16-10-5-13(11-17(16)20)21(12-18(22)27-3)29(24,25)15-8-6-14(26-2)7-9-15/h5-11H,4,12H2,1-3H3. The van der Waals surface area contributed by atoms with Crippen molar-refractivity contribution in [3.05, 3.63) is 53.1 Å². The SMILES string of the molecule is CCOC(=O)c1ccc(N(CC(=O)OC)S(=O)(=O)c2ccc(OC)cc2)cc1Cl. The van der Waals surface area contributed by atoms with E-state index in [2.05, 4.69) is 4.74 Å². The molecule has 0 fully saturated rings. The number of sulfonamides is 1. The van der Waals surface area contributed by atoms with Gasteiger partial charge in [0.15, 0.2) is 0 Å². The lowest BCUT2D eigenvalue weighted by Gasteiger charge is -2.24. The third-order valence-corrected chi connectivity index (χ3v) is 5.98. The summed E-state index contributed by atoms with van der Waals surface area (Å²) in [5.74, 6) is -0.931. The number of halogens is 1. The Morgan fingerprint density at radius 1 is 1.07 bits per heavy atom. The van der Waals surface area contributed by atoms with Gasteiger partial charge in [0.2, 0.25) is 0 Å². The average molecular weight is 442 g/mol. The molecular weight excluding hydrogens is 422 g/mol. The Morgan fingerprint density at radius 2 is 1.72 bits per heavy atom. The Kier molecular flexibility index (Phi) is 7.46. The molecule has 0 saturated heterocycles. The molecule has 2 aromatic rings. The molecule has 0 amide bonds. The maximum atomic E-state index is 13.2. The van der Waals surface area contributed by atoms with Crippen molar-refractivity contribution >= 4 is 39.3 Å². The van der Waals surface area contributed by atoms with Crippen LogP contribution in [0.5, 0.6) is 5.75 Å². The van der Waals surface area contributed by atoms with Crippen molar-refractivity contribution in [3.8, 4) is 5.75 Å². The largest absolute Gasteiger partial charge is 0.497 e. The molecule has 0 atom stereocenters. The maximum absolute atomic E-state index is 13.2. The first kappa shape index (κ1) is 22.5. The van der Waals surface area contributed by atoms with Crippen molar-refractivity contribution in [3.63, 3.8) is 0 Å². The topological polar surface area (TPSA) is 99.2 Å². The lowest BCUT2D eigenvalue weighted by atomic mass is 10.2. The van der Waals surface area contributed by atoms with E-state index >= 15 is 0 Å². The van der Waals surface area contributed by atoms with E-state index in [0.29, 0.717) is 5.75 Å². The summed E-state index contributed by atoms with van der Waals surface area (Å²) in [5.41, 5.74) is 0.168. The van der Waals surface area contributed by atoms with E-state index in [1.54, 1.807) is 6.92 Å². The van der Waals surface area contributed by atoms with Crippen LogP contribution in [0.1, 0.15) is 17.3 Å². The molecule has 8 nitrogen and oxygen atoms in total. The van der Waals surface area contributed by atoms with E-state index in [0.717, 1.165) is 11.4 Å². The molecule has 0 aromatic heterocycles. The average Bonchev–Trinajstić information content (AvgIpc) is 2.71. The van der Waals surface area contributed by atoms with E-state index in [4.69, 9.17) is 21.1 Å². The summed E-state index contributed by atoms with van der Waals surface area (Å²) in [7, 11) is -1.53. The molecule has 0 saturated carbocycles. The van der Waals surface area contributed by atoms with Crippen molar-refractivity contribution < 1.29 is 32.2 Å². The molecule has 2 aromatic carbocycles. The second kappa shape index (κ2) is 9.62. The van der Waals surface area contributed by atoms with E-state index in [1.165, 1.54) is 49.6 Å². The van der Waals surface area contributed by atoms with Crippen LogP contribution in [0.3, 0.4) is 0 Å². The van der Waals surface area contributed by atoms with Crippen molar-refractivity contribution in [1.29, 1.82) is 0 Å². The number of hydrogen-bond donors (Lipinski definition) is 0. The van der Waals surface area contributed by atoms with Crippen LogP contribution < -0.4 is 9.04 Å². The van der Waals surface area contributed by atoms with Gasteiger partial charge in [-0.15, -0.1) is 0 Å². The van der Waals surface area contributed by atoms with Gasteiger partial charge in [0, 0.05) is 0 Å². The van der Waals surface area contributed by atoms with Crippen LogP contribution in [0.2, 0.25) is 5.02 Å². The Balaban J connectivity index is 2.51. The zero-order valence-corrected chi connectivity index (χ0v) is 17.6. The molecule has 0 radical (unpaired) electrons. The van der Waals surface area contributed by atoms with Crippen LogP contribution in [-0.4, -0.2) is 47.7 Å². The highest BCUT2D eigenvalue weighted by Gasteiger charge is 2.28. The quantitative estimate of drug-likeness (QED) is 0.580. The number of rotatable bonds is 8. The highest BCUT2D eigenvalue weighted by atomic mass is 35.5. The van der Waals surface area contributed by atoms with Crippen LogP contribution in [0, 0.1) is 0 Å². The molecule has 0 heterocycles. The second-order valence-electron chi connectivity index (χ2n) is 5.65. The van der Waals surface area contributed by atoms with Gasteiger partial charge in [-0.25, -0.2) is 13.2 Å². The molecule has 2 rings (SSSR count). The number of anilines is 1. The number of nitrogens with zero attached hydrogens (tertiary/aromatic N) is 1. The Bertz CT molecular complexity index is 990. The molecule has 0 aliphatic carbocycles. The van der Waals surface area contributed by atoms with Crippen LogP contribution in [0.25, 0.3) is 0 Å². The van der Waals surface area contributed by atoms with Crippen molar-refractivity contribution in [2.75, 3.05) is 31.7 Å². The fourth-order valence-electron chi connectivity index (χ4n) is 2.41. The summed E-state index contributed by atoms with van der Waals surface area (Å²) in [6, 6.07) is 9.66. The first-order chi connectivity index (χ1) is 13.7. The van der Waals surface area contributed by atoms with Gasteiger partial charge in [0.25, 0.3) is 10.0 Å². The van der Waals surface area contributed by atoms with Crippen LogP contribution >= 0.6 is 11.6 Å². The minimum atomic E-state index is -4.14. The predicted octanol–water partition coefficient (Wildman–Crippen LogP) is 2.89. The lowest BCUT2D eigenvalue weighted by Crippen LogP contribution is -2.36.